The summed E-state index contributed by atoms with van der Waals surface area (Å²) in [4.78, 5) is 25.7. The Kier molecular flexibility index (Phi) is 5.59. The maximum Gasteiger partial charge on any atom is 0.346 e. The van der Waals surface area contributed by atoms with Crippen LogP contribution in [0.25, 0.3) is 11.1 Å². The van der Waals surface area contributed by atoms with Crippen molar-refractivity contribution in [1.29, 1.82) is 0 Å². The monoisotopic (exact) mass is 421 g/mol. The number of ether oxygens (including phenoxy) is 1. The largest absolute Gasteiger partial charge is 0.494 e. The molecule has 0 spiro atoms. The van der Waals surface area contributed by atoms with Crippen LogP contribution in [0, 0.1) is 6.92 Å². The van der Waals surface area contributed by atoms with Gasteiger partial charge in [0.05, 0.1) is 12.3 Å². The van der Waals surface area contributed by atoms with Crippen molar-refractivity contribution in [2.75, 3.05) is 11.9 Å². The number of fused-ring (bicyclic) bond motifs is 1. The highest BCUT2D eigenvalue weighted by atomic mass is 32.1. The highest BCUT2D eigenvalue weighted by Gasteiger charge is 2.34. The lowest BCUT2D eigenvalue weighted by atomic mass is 9.88. The number of aromatic carboxylic acids is 1. The number of carboxylic acid groups (broad SMARTS) is 1. The van der Waals surface area contributed by atoms with Crippen molar-refractivity contribution in [2.24, 2.45) is 0 Å². The van der Waals surface area contributed by atoms with E-state index in [-0.39, 0.29) is 23.1 Å². The molecule has 2 heterocycles. The van der Waals surface area contributed by atoms with Gasteiger partial charge in [-0.1, -0.05) is 48.9 Å². The van der Waals surface area contributed by atoms with Crippen LogP contribution in [-0.2, 0) is 4.79 Å². The summed E-state index contributed by atoms with van der Waals surface area (Å²) in [5, 5.41) is 12.8. The second kappa shape index (κ2) is 8.32. The summed E-state index contributed by atoms with van der Waals surface area (Å²) in [6, 6.07) is 15.4. The predicted molar refractivity (Wildman–Crippen MR) is 119 cm³/mol. The highest BCUT2D eigenvalue weighted by Crippen LogP contribution is 2.49. The summed E-state index contributed by atoms with van der Waals surface area (Å²) in [7, 11) is 0. The second-order valence-corrected chi connectivity index (χ2v) is 8.49. The summed E-state index contributed by atoms with van der Waals surface area (Å²) in [5.41, 5.74) is 4.06. The van der Waals surface area contributed by atoms with E-state index in [4.69, 9.17) is 4.74 Å². The third-order valence-electron chi connectivity index (χ3n) is 5.20. The number of rotatable bonds is 6. The molecular weight excluding hydrogens is 398 g/mol. The molecule has 30 heavy (non-hydrogen) atoms. The fourth-order valence-electron chi connectivity index (χ4n) is 3.72. The Hall–Kier alpha value is -3.12. The third kappa shape index (κ3) is 3.83. The van der Waals surface area contributed by atoms with Crippen molar-refractivity contribution >= 4 is 28.9 Å². The van der Waals surface area contributed by atoms with Crippen LogP contribution in [0.5, 0.6) is 5.75 Å². The summed E-state index contributed by atoms with van der Waals surface area (Å²) >= 11 is 1.25. The Balaban J connectivity index is 1.79. The lowest BCUT2D eigenvalue weighted by molar-refractivity contribution is -0.116. The SMILES string of the molecule is CCCOc1ccc([C@H]2CC(=O)Nc3c2sc(C(=O)O)c3-c2ccc(C)cc2)cc1. The molecule has 1 aromatic heterocycles. The zero-order valence-corrected chi connectivity index (χ0v) is 17.7. The fraction of sp³-hybridized carbons (Fsp3) is 0.250. The molecular formula is C24H23NO4S. The normalized spacial score (nSPS) is 15.4. The molecule has 2 N–H and O–H groups in total. The quantitative estimate of drug-likeness (QED) is 0.536. The molecule has 0 bridgehead atoms. The standard InChI is InChI=1S/C24H23NO4S/c1-3-12-29-17-10-8-15(9-11-17)18-13-19(26)25-21-20(16-6-4-14(2)5-7-16)23(24(27)28)30-22(18)21/h4-11,18H,3,12-13H2,1-2H3,(H,25,26)(H,27,28)/t18-/m1/s1. The maximum atomic E-state index is 12.6. The number of carbonyl (C=O) groups excluding carboxylic acids is 1. The number of benzene rings is 2. The molecule has 3 aromatic rings. The van der Waals surface area contributed by atoms with Crippen LogP contribution in [0.15, 0.2) is 48.5 Å². The molecule has 5 nitrogen and oxygen atoms in total. The molecule has 1 aliphatic heterocycles. The van der Waals surface area contributed by atoms with Crippen molar-refractivity contribution in [2.45, 2.75) is 32.6 Å². The lowest BCUT2D eigenvalue weighted by Crippen LogP contribution is -2.22. The highest BCUT2D eigenvalue weighted by molar-refractivity contribution is 7.15. The van der Waals surface area contributed by atoms with E-state index in [9.17, 15) is 14.7 Å². The molecule has 6 heteroatoms. The number of anilines is 1. The van der Waals surface area contributed by atoms with Gasteiger partial charge in [-0.2, -0.15) is 0 Å². The molecule has 1 atom stereocenters. The predicted octanol–water partition coefficient (Wildman–Crippen LogP) is 5.68. The van der Waals surface area contributed by atoms with Gasteiger partial charge in [0.15, 0.2) is 0 Å². The van der Waals surface area contributed by atoms with Gasteiger partial charge < -0.3 is 15.2 Å². The summed E-state index contributed by atoms with van der Waals surface area (Å²) in [5.74, 6) is -0.488. The fourth-order valence-corrected chi connectivity index (χ4v) is 4.96. The maximum absolute atomic E-state index is 12.6. The molecule has 0 radical (unpaired) electrons. The van der Waals surface area contributed by atoms with Gasteiger partial charge in [-0.3, -0.25) is 4.79 Å². The van der Waals surface area contributed by atoms with Gasteiger partial charge in [-0.15, -0.1) is 11.3 Å². The van der Waals surface area contributed by atoms with Crippen molar-refractivity contribution in [1.82, 2.24) is 0 Å². The first-order valence-corrected chi connectivity index (χ1v) is 10.8. The van der Waals surface area contributed by atoms with Crippen molar-refractivity contribution in [3.8, 4) is 16.9 Å². The molecule has 154 valence electrons. The first-order chi connectivity index (χ1) is 14.5. The number of amides is 1. The molecule has 0 fully saturated rings. The smallest absolute Gasteiger partial charge is 0.346 e. The van der Waals surface area contributed by atoms with Crippen LogP contribution < -0.4 is 10.1 Å². The van der Waals surface area contributed by atoms with Gasteiger partial charge in [-0.05, 0) is 36.6 Å². The topological polar surface area (TPSA) is 75.6 Å². The minimum absolute atomic E-state index is 0.109. The number of aryl methyl sites for hydroxylation is 1. The molecule has 2 aromatic carbocycles. The Labute approximate surface area is 179 Å². The Morgan fingerprint density at radius 2 is 1.87 bits per heavy atom. The van der Waals surface area contributed by atoms with E-state index in [0.717, 1.165) is 33.7 Å². The number of carboxylic acids is 1. The second-order valence-electron chi connectivity index (χ2n) is 7.44. The van der Waals surface area contributed by atoms with E-state index in [2.05, 4.69) is 12.2 Å². The molecule has 0 saturated carbocycles. The van der Waals surface area contributed by atoms with Gasteiger partial charge >= 0.3 is 5.97 Å². The Bertz CT molecular complexity index is 1080. The van der Waals surface area contributed by atoms with Crippen molar-refractivity contribution in [3.63, 3.8) is 0 Å². The van der Waals surface area contributed by atoms with Crippen molar-refractivity contribution in [3.05, 3.63) is 69.4 Å². The molecule has 0 saturated heterocycles. The first kappa shape index (κ1) is 20.2. The summed E-state index contributed by atoms with van der Waals surface area (Å²) in [6.07, 6.45) is 1.22. The molecule has 1 aliphatic rings. The van der Waals surface area contributed by atoms with E-state index >= 15 is 0 Å². The zero-order valence-electron chi connectivity index (χ0n) is 16.9. The van der Waals surface area contributed by atoms with Gasteiger partial charge in [0.1, 0.15) is 10.6 Å². The number of nitrogens with one attached hydrogen (secondary N) is 1. The van der Waals surface area contributed by atoms with Crippen LogP contribution in [-0.4, -0.2) is 23.6 Å². The summed E-state index contributed by atoms with van der Waals surface area (Å²) in [6.45, 7) is 4.69. The third-order valence-corrected chi connectivity index (χ3v) is 6.49. The van der Waals surface area contributed by atoms with E-state index < -0.39 is 5.97 Å². The Morgan fingerprint density at radius 1 is 1.17 bits per heavy atom. The van der Waals surface area contributed by atoms with Crippen LogP contribution in [0.4, 0.5) is 5.69 Å². The van der Waals surface area contributed by atoms with E-state index in [0.29, 0.717) is 17.9 Å². The van der Waals surface area contributed by atoms with Crippen LogP contribution in [0.3, 0.4) is 0 Å². The first-order valence-electron chi connectivity index (χ1n) is 9.97. The van der Waals surface area contributed by atoms with Gasteiger partial charge in [0.2, 0.25) is 5.91 Å². The van der Waals surface area contributed by atoms with Crippen LogP contribution >= 0.6 is 11.3 Å². The minimum Gasteiger partial charge on any atom is -0.494 e. The average Bonchev–Trinajstić information content (AvgIpc) is 3.12. The van der Waals surface area contributed by atoms with Crippen molar-refractivity contribution < 1.29 is 19.4 Å². The van der Waals surface area contributed by atoms with Crippen LogP contribution in [0.2, 0.25) is 0 Å². The summed E-state index contributed by atoms with van der Waals surface area (Å²) < 4.78 is 5.66. The molecule has 0 unspecified atom stereocenters. The van der Waals surface area contributed by atoms with Gasteiger partial charge in [-0.25, -0.2) is 4.79 Å². The van der Waals surface area contributed by atoms with E-state index in [1.807, 2.05) is 55.5 Å². The number of carbonyl (C=O) groups is 2. The number of thiophene rings is 1. The average molecular weight is 422 g/mol. The molecule has 4 rings (SSSR count). The zero-order chi connectivity index (χ0) is 21.3. The lowest BCUT2D eigenvalue weighted by Gasteiger charge is -2.24. The molecule has 0 aliphatic carbocycles. The van der Waals surface area contributed by atoms with Gasteiger partial charge in [0.25, 0.3) is 0 Å². The minimum atomic E-state index is -0.985. The van der Waals surface area contributed by atoms with Gasteiger partial charge in [0, 0.05) is 22.8 Å². The number of hydrogen-bond donors (Lipinski definition) is 2. The van der Waals surface area contributed by atoms with Crippen LogP contribution in [0.1, 0.15) is 51.4 Å². The molecule has 1 amide bonds. The van der Waals surface area contributed by atoms with E-state index in [1.54, 1.807) is 0 Å². The number of hydrogen-bond acceptors (Lipinski definition) is 4. The van der Waals surface area contributed by atoms with E-state index in [1.165, 1.54) is 11.3 Å². The Morgan fingerprint density at radius 3 is 2.50 bits per heavy atom.